The molecule has 1 aliphatic rings. The summed E-state index contributed by atoms with van der Waals surface area (Å²) in [7, 11) is 0. The Labute approximate surface area is 136 Å². The predicted octanol–water partition coefficient (Wildman–Crippen LogP) is 4.14. The van der Waals surface area contributed by atoms with Gasteiger partial charge in [0, 0.05) is 16.6 Å². The zero-order valence-electron chi connectivity index (χ0n) is 13.1. The van der Waals surface area contributed by atoms with E-state index in [4.69, 9.17) is 0 Å². The molecule has 2 aromatic rings. The summed E-state index contributed by atoms with van der Waals surface area (Å²) in [5.74, 6) is 0.0841. The number of thiophene rings is 1. The summed E-state index contributed by atoms with van der Waals surface area (Å²) in [6, 6.07) is 10.8. The maximum absolute atomic E-state index is 12.4. The summed E-state index contributed by atoms with van der Waals surface area (Å²) in [4.78, 5) is 16.1. The van der Waals surface area contributed by atoms with Crippen molar-refractivity contribution in [2.24, 2.45) is 0 Å². The quantitative estimate of drug-likeness (QED) is 0.920. The number of carbonyl (C=O) groups is 1. The smallest absolute Gasteiger partial charge is 0.238 e. The zero-order valence-corrected chi connectivity index (χ0v) is 14.0. The van der Waals surface area contributed by atoms with E-state index in [1.54, 1.807) is 11.3 Å². The van der Waals surface area contributed by atoms with E-state index in [0.717, 1.165) is 29.8 Å². The van der Waals surface area contributed by atoms with Crippen molar-refractivity contribution in [3.05, 3.63) is 51.7 Å². The van der Waals surface area contributed by atoms with Crippen LogP contribution in [0.3, 0.4) is 0 Å². The van der Waals surface area contributed by atoms with Gasteiger partial charge in [0.15, 0.2) is 0 Å². The number of amides is 1. The summed E-state index contributed by atoms with van der Waals surface area (Å²) >= 11 is 1.79. The van der Waals surface area contributed by atoms with Crippen molar-refractivity contribution < 1.29 is 4.79 Å². The van der Waals surface area contributed by atoms with Crippen molar-refractivity contribution in [3.63, 3.8) is 0 Å². The first-order valence-corrected chi connectivity index (χ1v) is 8.66. The van der Waals surface area contributed by atoms with Crippen molar-refractivity contribution in [3.8, 4) is 0 Å². The Balaban J connectivity index is 1.67. The first-order chi connectivity index (χ1) is 10.6. The minimum Gasteiger partial charge on any atom is -0.324 e. The van der Waals surface area contributed by atoms with E-state index in [2.05, 4.69) is 27.7 Å². The fourth-order valence-corrected chi connectivity index (χ4v) is 4.09. The number of hydrogen-bond donors (Lipinski definition) is 1. The molecule has 1 saturated heterocycles. The molecule has 3 nitrogen and oxygen atoms in total. The average molecular weight is 314 g/mol. The molecule has 0 bridgehead atoms. The third-order valence-electron chi connectivity index (χ3n) is 4.33. The van der Waals surface area contributed by atoms with E-state index >= 15 is 0 Å². The number of benzene rings is 1. The second kappa shape index (κ2) is 6.63. The molecule has 1 atom stereocenters. The van der Waals surface area contributed by atoms with Crippen LogP contribution in [0.5, 0.6) is 0 Å². The van der Waals surface area contributed by atoms with Crippen LogP contribution in [0.25, 0.3) is 0 Å². The third-order valence-corrected chi connectivity index (χ3v) is 5.30. The Morgan fingerprint density at radius 2 is 2.05 bits per heavy atom. The van der Waals surface area contributed by atoms with Gasteiger partial charge in [0.2, 0.25) is 5.91 Å². The zero-order chi connectivity index (χ0) is 15.5. The van der Waals surface area contributed by atoms with Gasteiger partial charge in [-0.1, -0.05) is 24.3 Å². The highest BCUT2D eigenvalue weighted by atomic mass is 32.1. The number of para-hydroxylation sites is 1. The first-order valence-electron chi connectivity index (χ1n) is 7.78. The van der Waals surface area contributed by atoms with Crippen LogP contribution in [0.2, 0.25) is 0 Å². The number of nitrogens with zero attached hydrogens (tertiary/aromatic N) is 1. The van der Waals surface area contributed by atoms with Gasteiger partial charge in [0.25, 0.3) is 0 Å². The maximum atomic E-state index is 12.4. The van der Waals surface area contributed by atoms with Crippen molar-refractivity contribution >= 4 is 22.9 Å². The van der Waals surface area contributed by atoms with Crippen LogP contribution in [-0.4, -0.2) is 23.9 Å². The van der Waals surface area contributed by atoms with E-state index < -0.39 is 0 Å². The molecule has 0 aliphatic carbocycles. The lowest BCUT2D eigenvalue weighted by Crippen LogP contribution is -2.33. The molecule has 1 aromatic heterocycles. The molecule has 1 aromatic carbocycles. The molecular weight excluding hydrogens is 292 g/mol. The van der Waals surface area contributed by atoms with Gasteiger partial charge in [-0.25, -0.2) is 0 Å². The van der Waals surface area contributed by atoms with Crippen LogP contribution in [0.15, 0.2) is 35.7 Å². The van der Waals surface area contributed by atoms with Gasteiger partial charge in [-0.05, 0) is 55.8 Å². The lowest BCUT2D eigenvalue weighted by atomic mass is 10.1. The van der Waals surface area contributed by atoms with E-state index in [1.165, 1.54) is 11.3 Å². The van der Waals surface area contributed by atoms with Crippen LogP contribution in [0.1, 0.15) is 34.9 Å². The van der Waals surface area contributed by atoms with Gasteiger partial charge in [-0.3, -0.25) is 9.69 Å². The third kappa shape index (κ3) is 3.23. The summed E-state index contributed by atoms with van der Waals surface area (Å²) in [6.07, 6.45) is 2.32. The standard InChI is InChI=1S/C18H22N2OS/c1-13-6-3-7-14(2)18(13)19-17(21)12-20-10-4-8-15(20)16-9-5-11-22-16/h3,5-7,9,11,15H,4,8,10,12H2,1-2H3,(H,19,21)/t15-/m0/s1. The van der Waals surface area contributed by atoms with Crippen LogP contribution >= 0.6 is 11.3 Å². The molecular formula is C18H22N2OS. The molecule has 116 valence electrons. The Bertz CT molecular complexity index is 631. The molecule has 1 aliphatic heterocycles. The summed E-state index contributed by atoms with van der Waals surface area (Å²) in [6.45, 7) is 5.54. The van der Waals surface area contributed by atoms with Crippen LogP contribution in [0, 0.1) is 13.8 Å². The fourth-order valence-electron chi connectivity index (χ4n) is 3.19. The average Bonchev–Trinajstić information content (AvgIpc) is 3.13. The topological polar surface area (TPSA) is 32.3 Å². The monoisotopic (exact) mass is 314 g/mol. The minimum absolute atomic E-state index is 0.0841. The maximum Gasteiger partial charge on any atom is 0.238 e. The summed E-state index contributed by atoms with van der Waals surface area (Å²) < 4.78 is 0. The summed E-state index contributed by atoms with van der Waals surface area (Å²) in [5, 5.41) is 5.21. The van der Waals surface area contributed by atoms with Gasteiger partial charge < -0.3 is 5.32 Å². The van der Waals surface area contributed by atoms with Crippen molar-refractivity contribution in [1.29, 1.82) is 0 Å². The lowest BCUT2D eigenvalue weighted by molar-refractivity contribution is -0.117. The van der Waals surface area contributed by atoms with E-state index in [9.17, 15) is 4.79 Å². The Kier molecular flexibility index (Phi) is 4.60. The number of nitrogens with one attached hydrogen (secondary N) is 1. The fraction of sp³-hybridized carbons (Fsp3) is 0.389. The molecule has 4 heteroatoms. The highest BCUT2D eigenvalue weighted by Crippen LogP contribution is 2.34. The van der Waals surface area contributed by atoms with Crippen molar-refractivity contribution in [2.45, 2.75) is 32.7 Å². The van der Waals surface area contributed by atoms with E-state index in [-0.39, 0.29) is 5.91 Å². The molecule has 3 rings (SSSR count). The van der Waals surface area contributed by atoms with Gasteiger partial charge in [-0.2, -0.15) is 0 Å². The molecule has 0 saturated carbocycles. The molecule has 1 N–H and O–H groups in total. The second-order valence-electron chi connectivity index (χ2n) is 5.96. The molecule has 2 heterocycles. The van der Waals surface area contributed by atoms with Crippen LogP contribution in [0.4, 0.5) is 5.69 Å². The molecule has 1 amide bonds. The largest absolute Gasteiger partial charge is 0.324 e. The second-order valence-corrected chi connectivity index (χ2v) is 6.94. The minimum atomic E-state index is 0.0841. The predicted molar refractivity (Wildman–Crippen MR) is 92.4 cm³/mol. The number of aryl methyl sites for hydroxylation is 2. The van der Waals surface area contributed by atoms with Gasteiger partial charge in [-0.15, -0.1) is 11.3 Å². The summed E-state index contributed by atoms with van der Waals surface area (Å²) in [5.41, 5.74) is 3.19. The van der Waals surface area contributed by atoms with Crippen molar-refractivity contribution in [2.75, 3.05) is 18.4 Å². The first kappa shape index (κ1) is 15.3. The molecule has 1 fully saturated rings. The molecule has 22 heavy (non-hydrogen) atoms. The molecule has 0 spiro atoms. The van der Waals surface area contributed by atoms with Crippen LogP contribution in [-0.2, 0) is 4.79 Å². The number of hydrogen-bond acceptors (Lipinski definition) is 3. The van der Waals surface area contributed by atoms with E-state index in [1.807, 2.05) is 32.0 Å². The number of anilines is 1. The SMILES string of the molecule is Cc1cccc(C)c1NC(=O)CN1CCC[C@H]1c1cccs1. The van der Waals surface area contributed by atoms with Crippen LogP contribution < -0.4 is 5.32 Å². The van der Waals surface area contributed by atoms with Gasteiger partial charge in [0.1, 0.15) is 0 Å². The molecule has 0 unspecified atom stereocenters. The molecule has 0 radical (unpaired) electrons. The van der Waals surface area contributed by atoms with E-state index in [0.29, 0.717) is 12.6 Å². The normalized spacial score (nSPS) is 18.5. The van der Waals surface area contributed by atoms with Gasteiger partial charge in [0.05, 0.1) is 6.54 Å². The van der Waals surface area contributed by atoms with Crippen molar-refractivity contribution in [1.82, 2.24) is 4.90 Å². The number of rotatable bonds is 4. The highest BCUT2D eigenvalue weighted by molar-refractivity contribution is 7.10. The Morgan fingerprint density at radius 3 is 2.73 bits per heavy atom. The van der Waals surface area contributed by atoms with Gasteiger partial charge >= 0.3 is 0 Å². The number of carbonyl (C=O) groups excluding carboxylic acids is 1. The number of likely N-dealkylation sites (tertiary alicyclic amines) is 1. The Hall–Kier alpha value is -1.65. The highest BCUT2D eigenvalue weighted by Gasteiger charge is 2.28. The lowest BCUT2D eigenvalue weighted by Gasteiger charge is -2.23. The Morgan fingerprint density at radius 1 is 1.27 bits per heavy atom.